The predicted molar refractivity (Wildman–Crippen MR) is 96.7 cm³/mol. The normalized spacial score (nSPS) is 19.9. The zero-order valence-corrected chi connectivity index (χ0v) is 16.9. The Morgan fingerprint density at radius 2 is 1.81 bits per heavy atom. The highest BCUT2D eigenvalue weighted by Crippen LogP contribution is 2.43. The van der Waals surface area contributed by atoms with Gasteiger partial charge in [-0.25, -0.2) is 18.7 Å². The number of hydrogen-bond donors (Lipinski definition) is 1. The Labute approximate surface area is 178 Å². The molecule has 0 aromatic carbocycles. The van der Waals surface area contributed by atoms with Crippen molar-refractivity contribution >= 4 is 11.6 Å². The minimum absolute atomic E-state index is 0.0447. The number of anilines is 2. The fourth-order valence-corrected chi connectivity index (χ4v) is 3.84. The molecule has 2 aromatic heterocycles. The summed E-state index contributed by atoms with van der Waals surface area (Å²) < 4.78 is 112. The summed E-state index contributed by atoms with van der Waals surface area (Å²) in [5, 5.41) is 2.62. The van der Waals surface area contributed by atoms with Crippen LogP contribution in [0.1, 0.15) is 37.3 Å². The number of nitrogens with one attached hydrogen (secondary N) is 1. The van der Waals surface area contributed by atoms with E-state index in [2.05, 4.69) is 10.3 Å². The second-order valence-electron chi connectivity index (χ2n) is 7.57. The van der Waals surface area contributed by atoms with Gasteiger partial charge in [-0.3, -0.25) is 4.98 Å². The third kappa shape index (κ3) is 5.41. The van der Waals surface area contributed by atoms with Gasteiger partial charge in [-0.2, -0.15) is 30.9 Å². The van der Waals surface area contributed by atoms with Crippen molar-refractivity contribution in [1.82, 2.24) is 9.55 Å². The molecular weight excluding hydrogens is 452 g/mol. The summed E-state index contributed by atoms with van der Waals surface area (Å²) in [4.78, 5) is 3.69. The highest BCUT2D eigenvalue weighted by molar-refractivity contribution is 5.57. The molecule has 1 aliphatic rings. The zero-order chi connectivity index (χ0) is 23.7. The summed E-state index contributed by atoms with van der Waals surface area (Å²) in [6.45, 7) is -0.970. The fourth-order valence-electron chi connectivity index (χ4n) is 3.84. The number of aromatic nitrogens is 3. The molecule has 1 N–H and O–H groups in total. The monoisotopic (exact) mass is 473 g/mol. The summed E-state index contributed by atoms with van der Waals surface area (Å²) in [6.07, 6.45) is -8.89. The second kappa shape index (κ2) is 9.10. The SMILES string of the molecule is C[n+]1cc(OCC(F)F)n(C2CCC(C(F)(F)F)CC2)c1Nc1cnccc1C(F)(F)F. The van der Waals surface area contributed by atoms with E-state index in [1.54, 1.807) is 0 Å². The third-order valence-electron chi connectivity index (χ3n) is 5.36. The van der Waals surface area contributed by atoms with E-state index >= 15 is 0 Å². The number of hydrogen-bond acceptors (Lipinski definition) is 3. The van der Waals surface area contributed by atoms with Gasteiger partial charge in [-0.05, 0) is 31.7 Å². The smallest absolute Gasteiger partial charge is 0.419 e. The van der Waals surface area contributed by atoms with Gasteiger partial charge >= 0.3 is 18.3 Å². The Bertz CT molecular complexity index is 917. The molecule has 0 amide bonds. The van der Waals surface area contributed by atoms with E-state index in [4.69, 9.17) is 4.74 Å². The number of aryl methyl sites for hydroxylation is 1. The van der Waals surface area contributed by atoms with Gasteiger partial charge in [-0.1, -0.05) is 0 Å². The van der Waals surface area contributed by atoms with Crippen LogP contribution < -0.4 is 14.6 Å². The number of halogens is 8. The minimum atomic E-state index is -4.69. The zero-order valence-electron chi connectivity index (χ0n) is 16.9. The van der Waals surface area contributed by atoms with Crippen molar-refractivity contribution in [3.63, 3.8) is 0 Å². The molecular formula is C19H21F8N4O+. The van der Waals surface area contributed by atoms with Gasteiger partial charge in [0.1, 0.15) is 11.9 Å². The highest BCUT2D eigenvalue weighted by atomic mass is 19.4. The maximum Gasteiger partial charge on any atom is 0.419 e. The molecule has 1 fully saturated rings. The lowest BCUT2D eigenvalue weighted by molar-refractivity contribution is -0.656. The molecule has 0 saturated heterocycles. The molecule has 1 saturated carbocycles. The van der Waals surface area contributed by atoms with Crippen LogP contribution in [-0.2, 0) is 13.2 Å². The molecule has 13 heteroatoms. The molecule has 1 aliphatic carbocycles. The first-order valence-electron chi connectivity index (χ1n) is 9.74. The standard InChI is InChI=1S/C19H20F8N4O/c1-30-9-16(32-10-15(20)21)31(12-4-2-11(3-5-12)18(22,23)24)17(30)29-14-8-28-7-6-13(14)19(25,26)27/h6-9,11-12,15H,2-5,10H2,1H3/p+1. The van der Waals surface area contributed by atoms with Crippen molar-refractivity contribution in [2.45, 2.75) is 50.5 Å². The van der Waals surface area contributed by atoms with Crippen molar-refractivity contribution in [2.75, 3.05) is 11.9 Å². The number of rotatable bonds is 6. The molecule has 5 nitrogen and oxygen atoms in total. The first-order chi connectivity index (χ1) is 14.9. The molecule has 0 unspecified atom stereocenters. The lowest BCUT2D eigenvalue weighted by Crippen LogP contribution is -2.33. The van der Waals surface area contributed by atoms with E-state index in [9.17, 15) is 35.1 Å². The van der Waals surface area contributed by atoms with Crippen LogP contribution in [0.3, 0.4) is 0 Å². The predicted octanol–water partition coefficient (Wildman–Crippen LogP) is 5.41. The van der Waals surface area contributed by atoms with Crippen LogP contribution in [-0.4, -0.2) is 28.8 Å². The van der Waals surface area contributed by atoms with Crippen LogP contribution in [0.5, 0.6) is 5.88 Å². The summed E-state index contributed by atoms with van der Waals surface area (Å²) >= 11 is 0. The molecule has 0 bridgehead atoms. The second-order valence-corrected chi connectivity index (χ2v) is 7.57. The van der Waals surface area contributed by atoms with Gasteiger partial charge in [0.25, 0.3) is 12.3 Å². The van der Waals surface area contributed by atoms with E-state index in [1.165, 1.54) is 22.4 Å². The van der Waals surface area contributed by atoms with E-state index in [0.29, 0.717) is 0 Å². The summed E-state index contributed by atoms with van der Waals surface area (Å²) in [6, 6.07) is 0.189. The Morgan fingerprint density at radius 1 is 1.16 bits per heavy atom. The van der Waals surface area contributed by atoms with Crippen LogP contribution >= 0.6 is 0 Å². The average Bonchev–Trinajstić information content (AvgIpc) is 3.00. The van der Waals surface area contributed by atoms with E-state index < -0.39 is 42.9 Å². The molecule has 32 heavy (non-hydrogen) atoms. The van der Waals surface area contributed by atoms with Crippen molar-refractivity contribution in [1.29, 1.82) is 0 Å². The Morgan fingerprint density at radius 3 is 2.38 bits per heavy atom. The number of alkyl halides is 8. The van der Waals surface area contributed by atoms with E-state index in [-0.39, 0.29) is 43.2 Å². The van der Waals surface area contributed by atoms with Gasteiger partial charge in [-0.15, -0.1) is 0 Å². The fraction of sp³-hybridized carbons (Fsp3) is 0.579. The van der Waals surface area contributed by atoms with Gasteiger partial charge in [0.15, 0.2) is 6.61 Å². The summed E-state index contributed by atoms with van der Waals surface area (Å²) in [7, 11) is 1.46. The lowest BCUT2D eigenvalue weighted by atomic mass is 9.85. The molecule has 0 spiro atoms. The largest absolute Gasteiger partial charge is 0.460 e. The topological polar surface area (TPSA) is 43.0 Å². The van der Waals surface area contributed by atoms with Gasteiger partial charge in [0.2, 0.25) is 0 Å². The molecule has 0 atom stereocenters. The van der Waals surface area contributed by atoms with Crippen molar-refractivity contribution in [3.8, 4) is 5.88 Å². The lowest BCUT2D eigenvalue weighted by Gasteiger charge is -2.29. The average molecular weight is 473 g/mol. The van der Waals surface area contributed by atoms with Crippen molar-refractivity contribution < 1.29 is 44.4 Å². The first kappa shape index (κ1) is 24.1. The number of ether oxygens (including phenoxy) is 1. The minimum Gasteiger partial charge on any atom is -0.460 e. The first-order valence-corrected chi connectivity index (χ1v) is 9.74. The molecule has 0 radical (unpaired) electrons. The van der Waals surface area contributed by atoms with E-state index in [0.717, 1.165) is 18.5 Å². The van der Waals surface area contributed by atoms with Gasteiger partial charge < -0.3 is 4.74 Å². The Balaban J connectivity index is 1.97. The van der Waals surface area contributed by atoms with Gasteiger partial charge in [0, 0.05) is 6.20 Å². The number of nitrogens with zero attached hydrogens (tertiary/aromatic N) is 3. The Kier molecular flexibility index (Phi) is 6.84. The molecule has 2 heterocycles. The molecule has 178 valence electrons. The van der Waals surface area contributed by atoms with Crippen LogP contribution in [0, 0.1) is 5.92 Å². The number of imidazole rings is 1. The maximum atomic E-state index is 13.4. The van der Waals surface area contributed by atoms with Crippen LogP contribution in [0.4, 0.5) is 46.8 Å². The van der Waals surface area contributed by atoms with Gasteiger partial charge in [0.05, 0.1) is 30.8 Å². The van der Waals surface area contributed by atoms with Crippen LogP contribution in [0.2, 0.25) is 0 Å². The summed E-state index contributed by atoms with van der Waals surface area (Å²) in [5.74, 6) is -1.52. The van der Waals surface area contributed by atoms with Crippen molar-refractivity contribution in [2.24, 2.45) is 13.0 Å². The van der Waals surface area contributed by atoms with Crippen molar-refractivity contribution in [3.05, 3.63) is 30.2 Å². The van der Waals surface area contributed by atoms with Crippen LogP contribution in [0.25, 0.3) is 0 Å². The molecule has 0 aliphatic heterocycles. The van der Waals surface area contributed by atoms with E-state index in [1.807, 2.05) is 0 Å². The molecule has 2 aromatic rings. The highest BCUT2D eigenvalue weighted by Gasteiger charge is 2.44. The third-order valence-corrected chi connectivity index (χ3v) is 5.36. The Hall–Kier alpha value is -2.60. The molecule has 3 rings (SSSR count). The quantitative estimate of drug-likeness (QED) is 0.451. The van der Waals surface area contributed by atoms with Crippen LogP contribution in [0.15, 0.2) is 24.7 Å². The number of pyridine rings is 1. The summed E-state index contributed by atoms with van der Waals surface area (Å²) in [5.41, 5.74) is -1.39. The maximum absolute atomic E-state index is 13.4.